The molecule has 1 N–H and O–H groups in total. The van der Waals surface area contributed by atoms with Gasteiger partial charge in [-0.05, 0) is 69.5 Å². The first-order chi connectivity index (χ1) is 21.6. The average Bonchev–Trinajstić information content (AvgIpc) is 3.02. The maximum absolute atomic E-state index is 14.5. The van der Waals surface area contributed by atoms with Gasteiger partial charge in [0.2, 0.25) is 11.8 Å². The van der Waals surface area contributed by atoms with Gasteiger partial charge >= 0.3 is 0 Å². The zero-order valence-electron chi connectivity index (χ0n) is 26.0. The first-order valence-corrected chi connectivity index (χ1v) is 17.6. The molecule has 0 heterocycles. The smallest absolute Gasteiger partial charge is 0.264 e. The van der Waals surface area contributed by atoms with E-state index in [9.17, 15) is 18.0 Å². The van der Waals surface area contributed by atoms with Gasteiger partial charge in [0.15, 0.2) is 0 Å². The van der Waals surface area contributed by atoms with Crippen molar-refractivity contribution < 1.29 is 22.7 Å². The molecule has 0 saturated heterocycles. The molecule has 0 unspecified atom stereocenters. The third kappa shape index (κ3) is 8.51. The normalized spacial score (nSPS) is 14.4. The number of carbonyl (C=O) groups is 2. The van der Waals surface area contributed by atoms with Crippen molar-refractivity contribution in [3.8, 4) is 5.75 Å². The van der Waals surface area contributed by atoms with Gasteiger partial charge in [0, 0.05) is 28.2 Å². The molecule has 1 fully saturated rings. The predicted molar refractivity (Wildman–Crippen MR) is 179 cm³/mol. The van der Waals surface area contributed by atoms with Crippen molar-refractivity contribution in [3.63, 3.8) is 0 Å². The largest absolute Gasteiger partial charge is 0.492 e. The van der Waals surface area contributed by atoms with Crippen LogP contribution in [0.1, 0.15) is 63.5 Å². The van der Waals surface area contributed by atoms with Crippen LogP contribution in [-0.2, 0) is 26.2 Å². The predicted octanol–water partition coefficient (Wildman–Crippen LogP) is 7.15. The Hall–Kier alpha value is -3.27. The van der Waals surface area contributed by atoms with E-state index >= 15 is 0 Å². The molecule has 242 valence electrons. The summed E-state index contributed by atoms with van der Waals surface area (Å²) in [7, 11) is -4.25. The number of nitrogens with zero attached hydrogens (tertiary/aromatic N) is 2. The molecule has 0 bridgehead atoms. The molecular weight excluding hydrogens is 633 g/mol. The fraction of sp³-hybridized carbons (Fsp3) is 0.412. The van der Waals surface area contributed by atoms with Crippen LogP contribution in [0.2, 0.25) is 10.0 Å². The molecule has 0 spiro atoms. The second kappa shape index (κ2) is 15.8. The van der Waals surface area contributed by atoms with E-state index < -0.39 is 28.5 Å². The molecular formula is C34H41Cl2N3O5S. The van der Waals surface area contributed by atoms with Crippen LogP contribution in [0.3, 0.4) is 0 Å². The van der Waals surface area contributed by atoms with Crippen molar-refractivity contribution in [2.24, 2.45) is 0 Å². The van der Waals surface area contributed by atoms with E-state index in [-0.39, 0.29) is 29.1 Å². The summed E-state index contributed by atoms with van der Waals surface area (Å²) in [6, 6.07) is 17.3. The molecule has 4 rings (SSSR count). The van der Waals surface area contributed by atoms with Gasteiger partial charge in [-0.25, -0.2) is 8.42 Å². The zero-order chi connectivity index (χ0) is 32.6. The molecule has 2 amide bonds. The van der Waals surface area contributed by atoms with E-state index in [4.69, 9.17) is 27.9 Å². The van der Waals surface area contributed by atoms with Crippen molar-refractivity contribution in [1.82, 2.24) is 10.2 Å². The Morgan fingerprint density at radius 3 is 2.20 bits per heavy atom. The highest BCUT2D eigenvalue weighted by molar-refractivity contribution is 7.92. The number of halogens is 2. The Kier molecular flexibility index (Phi) is 12.2. The van der Waals surface area contributed by atoms with Crippen molar-refractivity contribution >= 4 is 50.7 Å². The lowest BCUT2D eigenvalue weighted by Crippen LogP contribution is -2.54. The first kappa shape index (κ1) is 34.6. The molecule has 0 aliphatic heterocycles. The van der Waals surface area contributed by atoms with Crippen molar-refractivity contribution in [2.45, 2.75) is 82.8 Å². The van der Waals surface area contributed by atoms with Gasteiger partial charge in [-0.1, -0.05) is 85.3 Å². The molecule has 1 saturated carbocycles. The summed E-state index contributed by atoms with van der Waals surface area (Å²) in [5.41, 5.74) is 1.58. The maximum Gasteiger partial charge on any atom is 0.264 e. The molecule has 3 aromatic rings. The van der Waals surface area contributed by atoms with E-state index in [1.54, 1.807) is 61.5 Å². The second-order valence-corrected chi connectivity index (χ2v) is 13.9. The number of rotatable bonds is 13. The number of nitrogens with one attached hydrogen (secondary N) is 1. The van der Waals surface area contributed by atoms with E-state index in [1.165, 1.54) is 17.0 Å². The van der Waals surface area contributed by atoms with Crippen LogP contribution in [0.25, 0.3) is 0 Å². The highest BCUT2D eigenvalue weighted by atomic mass is 35.5. The SMILES string of the molecule is CCOc1ccccc1N(CC(=O)N(Cc1c(Cl)cccc1Cl)[C@@H](CC)C(=O)NC1CCCCC1)S(=O)(=O)c1ccc(C)cc1. The molecule has 11 heteroatoms. The highest BCUT2D eigenvalue weighted by Gasteiger charge is 2.36. The van der Waals surface area contributed by atoms with Crippen molar-refractivity contribution in [2.75, 3.05) is 17.5 Å². The van der Waals surface area contributed by atoms with Gasteiger partial charge < -0.3 is 15.0 Å². The summed E-state index contributed by atoms with van der Waals surface area (Å²) < 4.78 is 35.3. The summed E-state index contributed by atoms with van der Waals surface area (Å²) in [5.74, 6) is -0.562. The van der Waals surface area contributed by atoms with Crippen LogP contribution in [0.15, 0.2) is 71.6 Å². The number of hydrogen-bond donors (Lipinski definition) is 1. The first-order valence-electron chi connectivity index (χ1n) is 15.4. The fourth-order valence-corrected chi connectivity index (χ4v) is 7.55. The lowest BCUT2D eigenvalue weighted by atomic mass is 9.95. The molecule has 0 aromatic heterocycles. The third-order valence-corrected chi connectivity index (χ3v) is 10.5. The lowest BCUT2D eigenvalue weighted by Gasteiger charge is -2.35. The summed E-state index contributed by atoms with van der Waals surface area (Å²) in [6.07, 6.45) is 5.25. The summed E-state index contributed by atoms with van der Waals surface area (Å²) in [4.78, 5) is 29.7. The van der Waals surface area contributed by atoms with E-state index in [0.717, 1.165) is 42.0 Å². The highest BCUT2D eigenvalue weighted by Crippen LogP contribution is 2.34. The quantitative estimate of drug-likeness (QED) is 0.208. The summed E-state index contributed by atoms with van der Waals surface area (Å²) in [5, 5.41) is 3.82. The van der Waals surface area contributed by atoms with Crippen LogP contribution < -0.4 is 14.4 Å². The summed E-state index contributed by atoms with van der Waals surface area (Å²) >= 11 is 13.1. The van der Waals surface area contributed by atoms with Gasteiger partial charge in [-0.3, -0.25) is 13.9 Å². The second-order valence-electron chi connectivity index (χ2n) is 11.2. The van der Waals surface area contributed by atoms with E-state index in [2.05, 4.69) is 5.32 Å². The Labute approximate surface area is 276 Å². The number of anilines is 1. The monoisotopic (exact) mass is 673 g/mol. The van der Waals surface area contributed by atoms with Crippen LogP contribution in [-0.4, -0.2) is 50.4 Å². The number of ether oxygens (including phenoxy) is 1. The molecule has 1 aliphatic rings. The number of amides is 2. The number of benzene rings is 3. The standard InChI is InChI=1S/C34H41Cl2N3O5S/c1-4-30(34(41)37-25-12-7-6-8-13-25)38(22-27-28(35)14-11-15-29(27)36)33(40)23-39(31-16-9-10-17-32(31)44-5-2)45(42,43)26-20-18-24(3)19-21-26/h9-11,14-21,25,30H,4-8,12-13,22-23H2,1-3H3,(H,37,41)/t30-/m0/s1. The number of para-hydroxylation sites is 2. The molecule has 45 heavy (non-hydrogen) atoms. The van der Waals surface area contributed by atoms with Gasteiger partial charge in [0.25, 0.3) is 10.0 Å². The number of aryl methyl sites for hydroxylation is 1. The molecule has 3 aromatic carbocycles. The fourth-order valence-electron chi connectivity index (χ4n) is 5.61. The Bertz CT molecular complexity index is 1560. The maximum atomic E-state index is 14.5. The summed E-state index contributed by atoms with van der Waals surface area (Å²) in [6.45, 7) is 5.11. The molecule has 0 radical (unpaired) electrons. The Morgan fingerprint density at radius 2 is 1.58 bits per heavy atom. The van der Waals surface area contributed by atoms with Crippen LogP contribution in [0.4, 0.5) is 5.69 Å². The van der Waals surface area contributed by atoms with E-state index in [0.29, 0.717) is 34.4 Å². The molecule has 1 atom stereocenters. The van der Waals surface area contributed by atoms with Gasteiger partial charge in [0.05, 0.1) is 17.2 Å². The van der Waals surface area contributed by atoms with Crippen LogP contribution in [0.5, 0.6) is 5.75 Å². The minimum absolute atomic E-state index is 0.0231. The van der Waals surface area contributed by atoms with Gasteiger partial charge in [0.1, 0.15) is 18.3 Å². The lowest BCUT2D eigenvalue weighted by molar-refractivity contribution is -0.140. The van der Waals surface area contributed by atoms with Crippen molar-refractivity contribution in [1.29, 1.82) is 0 Å². The Morgan fingerprint density at radius 1 is 0.933 bits per heavy atom. The topological polar surface area (TPSA) is 96.0 Å². The van der Waals surface area contributed by atoms with Crippen molar-refractivity contribution in [3.05, 3.63) is 87.9 Å². The van der Waals surface area contributed by atoms with Gasteiger partial charge in [-0.15, -0.1) is 0 Å². The minimum Gasteiger partial charge on any atom is -0.492 e. The molecule has 8 nitrogen and oxygen atoms in total. The third-order valence-electron chi connectivity index (χ3n) is 8.05. The number of hydrogen-bond acceptors (Lipinski definition) is 5. The number of sulfonamides is 1. The molecule has 1 aliphatic carbocycles. The minimum atomic E-state index is -4.25. The zero-order valence-corrected chi connectivity index (χ0v) is 28.3. The van der Waals surface area contributed by atoms with Crippen LogP contribution >= 0.6 is 23.2 Å². The van der Waals surface area contributed by atoms with Crippen LogP contribution in [0, 0.1) is 6.92 Å². The Balaban J connectivity index is 1.78. The average molecular weight is 675 g/mol. The number of carbonyl (C=O) groups excluding carboxylic acids is 2. The van der Waals surface area contributed by atoms with E-state index in [1.807, 2.05) is 13.8 Å². The van der Waals surface area contributed by atoms with Gasteiger partial charge in [-0.2, -0.15) is 0 Å².